The molecule has 3 aromatic heterocycles. The van der Waals surface area contributed by atoms with E-state index in [2.05, 4.69) is 33.5 Å². The van der Waals surface area contributed by atoms with Crippen molar-refractivity contribution in [3.05, 3.63) is 103 Å². The fraction of sp³-hybridized carbons (Fsp3) is 0.107. The lowest BCUT2D eigenvalue weighted by atomic mass is 10.0. The summed E-state index contributed by atoms with van der Waals surface area (Å²) >= 11 is 0. The molecule has 7 nitrogen and oxygen atoms in total. The lowest BCUT2D eigenvalue weighted by Gasteiger charge is -2.14. The monoisotopic (exact) mass is 461 g/mol. The SMILES string of the molecule is O=C(O)CCc1cncc(-c2nc(NCc3ccccn3)c3c(-c4ccccc4)cccc3n2)c1. The zero-order chi connectivity index (χ0) is 24.0. The van der Waals surface area contributed by atoms with Gasteiger partial charge in [0.05, 0.1) is 23.1 Å². The predicted octanol–water partition coefficient (Wildman–Crippen LogP) is 5.38. The number of fused-ring (bicyclic) bond motifs is 1. The second-order valence-electron chi connectivity index (χ2n) is 8.11. The third kappa shape index (κ3) is 5.14. The van der Waals surface area contributed by atoms with Crippen LogP contribution in [0.2, 0.25) is 0 Å². The van der Waals surface area contributed by atoms with Crippen molar-refractivity contribution in [1.82, 2.24) is 19.9 Å². The van der Waals surface area contributed by atoms with E-state index in [4.69, 9.17) is 15.1 Å². The van der Waals surface area contributed by atoms with Gasteiger partial charge in [-0.3, -0.25) is 14.8 Å². The minimum Gasteiger partial charge on any atom is -0.481 e. The van der Waals surface area contributed by atoms with Crippen LogP contribution < -0.4 is 5.32 Å². The molecule has 0 bridgehead atoms. The van der Waals surface area contributed by atoms with E-state index in [1.165, 1.54) is 0 Å². The minimum absolute atomic E-state index is 0.0427. The second-order valence-corrected chi connectivity index (χ2v) is 8.11. The highest BCUT2D eigenvalue weighted by molar-refractivity contribution is 6.02. The highest BCUT2D eigenvalue weighted by atomic mass is 16.4. The highest BCUT2D eigenvalue weighted by Crippen LogP contribution is 2.34. The van der Waals surface area contributed by atoms with Gasteiger partial charge in [-0.25, -0.2) is 9.97 Å². The normalized spacial score (nSPS) is 10.9. The van der Waals surface area contributed by atoms with Crippen molar-refractivity contribution in [2.24, 2.45) is 0 Å². The maximum absolute atomic E-state index is 11.0. The maximum atomic E-state index is 11.0. The van der Waals surface area contributed by atoms with Crippen LogP contribution in [0.15, 0.2) is 91.4 Å². The third-order valence-corrected chi connectivity index (χ3v) is 5.65. The van der Waals surface area contributed by atoms with E-state index >= 15 is 0 Å². The quantitative estimate of drug-likeness (QED) is 0.320. The number of carbonyl (C=O) groups is 1. The number of nitrogens with zero attached hydrogens (tertiary/aromatic N) is 4. The molecule has 3 heterocycles. The van der Waals surface area contributed by atoms with Gasteiger partial charge in [0.25, 0.3) is 0 Å². The number of anilines is 1. The molecule has 0 aliphatic heterocycles. The zero-order valence-electron chi connectivity index (χ0n) is 18.9. The van der Waals surface area contributed by atoms with Crippen LogP contribution in [-0.2, 0) is 17.8 Å². The van der Waals surface area contributed by atoms with Gasteiger partial charge >= 0.3 is 5.97 Å². The average Bonchev–Trinajstić information content (AvgIpc) is 2.91. The fourth-order valence-corrected chi connectivity index (χ4v) is 3.97. The zero-order valence-corrected chi connectivity index (χ0v) is 18.9. The van der Waals surface area contributed by atoms with E-state index in [0.717, 1.165) is 38.9 Å². The molecule has 35 heavy (non-hydrogen) atoms. The number of benzene rings is 2. The van der Waals surface area contributed by atoms with Gasteiger partial charge < -0.3 is 10.4 Å². The number of nitrogens with one attached hydrogen (secondary N) is 1. The number of carboxylic acid groups (broad SMARTS) is 1. The largest absolute Gasteiger partial charge is 0.481 e. The van der Waals surface area contributed by atoms with Gasteiger partial charge in [-0.05, 0) is 47.4 Å². The van der Waals surface area contributed by atoms with E-state index in [1.54, 1.807) is 18.6 Å². The van der Waals surface area contributed by atoms with Crippen molar-refractivity contribution < 1.29 is 9.90 Å². The van der Waals surface area contributed by atoms with Crippen LogP contribution in [0, 0.1) is 0 Å². The third-order valence-electron chi connectivity index (χ3n) is 5.65. The summed E-state index contributed by atoms with van der Waals surface area (Å²) in [6.07, 6.45) is 5.59. The lowest BCUT2D eigenvalue weighted by Crippen LogP contribution is -2.06. The Bertz CT molecular complexity index is 1470. The first-order valence-electron chi connectivity index (χ1n) is 11.3. The molecule has 5 rings (SSSR count). The molecule has 0 amide bonds. The molecule has 0 aliphatic carbocycles. The summed E-state index contributed by atoms with van der Waals surface area (Å²) in [6.45, 7) is 0.506. The Hall–Kier alpha value is -4.65. The molecule has 0 unspecified atom stereocenters. The van der Waals surface area contributed by atoms with E-state index in [0.29, 0.717) is 24.6 Å². The van der Waals surface area contributed by atoms with Crippen LogP contribution in [-0.4, -0.2) is 31.0 Å². The molecule has 0 spiro atoms. The van der Waals surface area contributed by atoms with Crippen LogP contribution in [0.3, 0.4) is 0 Å². The first kappa shape index (κ1) is 22.2. The number of aliphatic carboxylic acids is 1. The molecule has 0 aliphatic rings. The van der Waals surface area contributed by atoms with Gasteiger partial charge in [0.2, 0.25) is 0 Å². The van der Waals surface area contributed by atoms with Crippen molar-refractivity contribution in [3.63, 3.8) is 0 Å². The second kappa shape index (κ2) is 10.1. The van der Waals surface area contributed by atoms with Gasteiger partial charge in [-0.2, -0.15) is 0 Å². The lowest BCUT2D eigenvalue weighted by molar-refractivity contribution is -0.136. The number of aryl methyl sites for hydroxylation is 1. The molecule has 0 fully saturated rings. The van der Waals surface area contributed by atoms with Crippen molar-refractivity contribution >= 4 is 22.7 Å². The summed E-state index contributed by atoms with van der Waals surface area (Å²) < 4.78 is 0. The Labute approximate surface area is 202 Å². The number of carboxylic acids is 1. The van der Waals surface area contributed by atoms with Gasteiger partial charge in [0.1, 0.15) is 5.82 Å². The molecular formula is C28H23N5O2. The summed E-state index contributed by atoms with van der Waals surface area (Å²) in [4.78, 5) is 29.5. The number of hydrogen-bond acceptors (Lipinski definition) is 6. The van der Waals surface area contributed by atoms with Crippen LogP contribution in [0.4, 0.5) is 5.82 Å². The van der Waals surface area contributed by atoms with Crippen LogP contribution >= 0.6 is 0 Å². The Balaban J connectivity index is 1.61. The van der Waals surface area contributed by atoms with Gasteiger partial charge in [0, 0.05) is 30.6 Å². The first-order valence-corrected chi connectivity index (χ1v) is 11.3. The van der Waals surface area contributed by atoms with E-state index < -0.39 is 5.97 Å². The fourth-order valence-electron chi connectivity index (χ4n) is 3.97. The van der Waals surface area contributed by atoms with Gasteiger partial charge in [-0.1, -0.05) is 48.5 Å². The smallest absolute Gasteiger partial charge is 0.303 e. The van der Waals surface area contributed by atoms with E-state index in [1.807, 2.05) is 54.6 Å². The molecule has 7 heteroatoms. The van der Waals surface area contributed by atoms with E-state index in [-0.39, 0.29) is 6.42 Å². The summed E-state index contributed by atoms with van der Waals surface area (Å²) in [5, 5.41) is 13.4. The number of aromatic nitrogens is 4. The molecule has 0 radical (unpaired) electrons. The van der Waals surface area contributed by atoms with Crippen LogP contribution in [0.1, 0.15) is 17.7 Å². The Morgan fingerprint density at radius 3 is 2.54 bits per heavy atom. The summed E-state index contributed by atoms with van der Waals surface area (Å²) in [5.74, 6) is 0.383. The van der Waals surface area contributed by atoms with E-state index in [9.17, 15) is 4.79 Å². The van der Waals surface area contributed by atoms with Crippen LogP contribution in [0.25, 0.3) is 33.4 Å². The molecular weight excluding hydrogens is 438 g/mol. The highest BCUT2D eigenvalue weighted by Gasteiger charge is 2.15. The average molecular weight is 462 g/mol. The first-order chi connectivity index (χ1) is 17.2. The molecule has 0 saturated heterocycles. The van der Waals surface area contributed by atoms with Crippen molar-refractivity contribution in [1.29, 1.82) is 0 Å². The topological polar surface area (TPSA) is 101 Å². The van der Waals surface area contributed by atoms with Crippen molar-refractivity contribution in [2.45, 2.75) is 19.4 Å². The van der Waals surface area contributed by atoms with Gasteiger partial charge in [-0.15, -0.1) is 0 Å². The molecule has 0 saturated carbocycles. The minimum atomic E-state index is -0.841. The summed E-state index contributed by atoms with van der Waals surface area (Å²) in [7, 11) is 0. The molecule has 2 N–H and O–H groups in total. The Morgan fingerprint density at radius 2 is 1.74 bits per heavy atom. The maximum Gasteiger partial charge on any atom is 0.303 e. The van der Waals surface area contributed by atoms with Crippen molar-refractivity contribution in [3.8, 4) is 22.5 Å². The number of pyridine rings is 2. The predicted molar refractivity (Wildman–Crippen MR) is 136 cm³/mol. The molecule has 5 aromatic rings. The standard InChI is InChI=1S/C28H23N5O2/c34-25(35)13-12-19-15-21(17-29-16-19)27-32-24-11-6-10-23(20-7-2-1-3-8-20)26(24)28(33-27)31-18-22-9-4-5-14-30-22/h1-11,14-17H,12-13,18H2,(H,34,35)(H,31,32,33). The summed E-state index contributed by atoms with van der Waals surface area (Å²) in [6, 6.07) is 23.9. The molecule has 172 valence electrons. The number of hydrogen-bond donors (Lipinski definition) is 2. The summed E-state index contributed by atoms with van der Waals surface area (Å²) in [5.41, 5.74) is 5.38. The molecule has 2 aromatic carbocycles. The Kier molecular flexibility index (Phi) is 6.39. The number of rotatable bonds is 8. The molecule has 0 atom stereocenters. The van der Waals surface area contributed by atoms with Crippen LogP contribution in [0.5, 0.6) is 0 Å². The Morgan fingerprint density at radius 1 is 0.886 bits per heavy atom. The van der Waals surface area contributed by atoms with Crippen molar-refractivity contribution in [2.75, 3.05) is 5.32 Å². The van der Waals surface area contributed by atoms with Gasteiger partial charge in [0.15, 0.2) is 5.82 Å².